The van der Waals surface area contributed by atoms with Gasteiger partial charge < -0.3 is 10.1 Å². The Morgan fingerprint density at radius 2 is 1.68 bits per heavy atom. The summed E-state index contributed by atoms with van der Waals surface area (Å²) in [5.74, 6) is -2.26. The normalized spacial score (nSPS) is 10.1. The second kappa shape index (κ2) is 7.13. The Kier molecular flexibility index (Phi) is 5.21. The first-order valence-electron chi connectivity index (χ1n) is 6.13. The fourth-order valence-electron chi connectivity index (χ4n) is 1.59. The molecule has 0 heterocycles. The van der Waals surface area contributed by atoms with E-state index in [0.29, 0.717) is 5.69 Å². The molecule has 0 saturated carbocycles. The van der Waals surface area contributed by atoms with Crippen molar-refractivity contribution in [2.24, 2.45) is 0 Å². The van der Waals surface area contributed by atoms with E-state index in [1.807, 2.05) is 0 Å². The molecule has 0 fully saturated rings. The Morgan fingerprint density at radius 1 is 1.05 bits per heavy atom. The smallest absolute Gasteiger partial charge is 0.339 e. The van der Waals surface area contributed by atoms with Crippen molar-refractivity contribution in [3.63, 3.8) is 0 Å². The molecule has 0 aromatic heterocycles. The van der Waals surface area contributed by atoms with Gasteiger partial charge in [-0.15, -0.1) is 0 Å². The van der Waals surface area contributed by atoms with Gasteiger partial charge in [0.05, 0.1) is 5.56 Å². The summed E-state index contributed by atoms with van der Waals surface area (Å²) < 4.78 is 30.7. The van der Waals surface area contributed by atoms with Gasteiger partial charge in [-0.05, 0) is 58.4 Å². The summed E-state index contributed by atoms with van der Waals surface area (Å²) >= 11 is 3.04. The molecule has 0 saturated heterocycles. The van der Waals surface area contributed by atoms with Gasteiger partial charge in [0.25, 0.3) is 5.91 Å². The van der Waals surface area contributed by atoms with Crippen LogP contribution in [-0.2, 0) is 9.53 Å². The minimum atomic E-state index is -0.763. The van der Waals surface area contributed by atoms with Crippen molar-refractivity contribution in [3.05, 3.63) is 64.1 Å². The Hall–Kier alpha value is -2.28. The molecule has 7 heteroatoms. The van der Waals surface area contributed by atoms with Gasteiger partial charge in [0, 0.05) is 10.2 Å². The van der Waals surface area contributed by atoms with Gasteiger partial charge in [0.2, 0.25) is 0 Å². The van der Waals surface area contributed by atoms with Crippen LogP contribution in [-0.4, -0.2) is 18.5 Å². The van der Waals surface area contributed by atoms with Gasteiger partial charge in [-0.1, -0.05) is 0 Å². The molecule has 0 aliphatic heterocycles. The third kappa shape index (κ3) is 4.36. The Bertz CT molecular complexity index is 704. The molecular formula is C15H10BrF2NO3. The summed E-state index contributed by atoms with van der Waals surface area (Å²) in [6.45, 7) is -0.514. The fourth-order valence-corrected chi connectivity index (χ4v) is 2.11. The molecule has 114 valence electrons. The average molecular weight is 370 g/mol. The van der Waals surface area contributed by atoms with Crippen LogP contribution in [0.5, 0.6) is 0 Å². The minimum Gasteiger partial charge on any atom is -0.452 e. The molecule has 0 bridgehead atoms. The van der Waals surface area contributed by atoms with Crippen LogP contribution in [0.15, 0.2) is 46.9 Å². The van der Waals surface area contributed by atoms with Crippen molar-refractivity contribution in [2.45, 2.75) is 0 Å². The number of benzene rings is 2. The number of carbonyl (C=O) groups is 2. The number of amides is 1. The molecule has 2 aromatic carbocycles. The maximum absolute atomic E-state index is 12.9. The zero-order valence-electron chi connectivity index (χ0n) is 11.1. The number of hydrogen-bond acceptors (Lipinski definition) is 3. The Balaban J connectivity index is 1.90. The summed E-state index contributed by atoms with van der Waals surface area (Å²) in [6, 6.07) is 8.63. The number of hydrogen-bond donors (Lipinski definition) is 1. The second-order valence-electron chi connectivity index (χ2n) is 4.26. The molecule has 0 radical (unpaired) electrons. The predicted octanol–water partition coefficient (Wildman–Crippen LogP) is 3.52. The molecule has 2 rings (SSSR count). The highest BCUT2D eigenvalue weighted by atomic mass is 79.9. The largest absolute Gasteiger partial charge is 0.452 e. The summed E-state index contributed by atoms with van der Waals surface area (Å²) in [6.07, 6.45) is 0. The standard InChI is InChI=1S/C15H10BrF2NO3/c16-13-7-10(18)3-6-12(13)15(21)22-8-14(20)19-11-4-1-9(17)2-5-11/h1-7H,8H2,(H,19,20). The number of rotatable bonds is 4. The number of anilines is 1. The minimum absolute atomic E-state index is 0.107. The highest BCUT2D eigenvalue weighted by Crippen LogP contribution is 2.19. The first-order valence-corrected chi connectivity index (χ1v) is 6.92. The highest BCUT2D eigenvalue weighted by Gasteiger charge is 2.14. The molecule has 22 heavy (non-hydrogen) atoms. The molecule has 0 unspecified atom stereocenters. The van der Waals surface area contributed by atoms with Crippen LogP contribution in [0.1, 0.15) is 10.4 Å². The quantitative estimate of drug-likeness (QED) is 0.838. The van der Waals surface area contributed by atoms with Gasteiger partial charge in [-0.2, -0.15) is 0 Å². The first kappa shape index (κ1) is 16.1. The molecule has 0 atom stereocenters. The number of carbonyl (C=O) groups excluding carboxylic acids is 2. The summed E-state index contributed by atoms with van der Waals surface area (Å²) in [5, 5.41) is 2.45. The van der Waals surface area contributed by atoms with Gasteiger partial charge in [0.1, 0.15) is 11.6 Å². The molecule has 2 aromatic rings. The van der Waals surface area contributed by atoms with E-state index in [1.165, 1.54) is 30.3 Å². The Morgan fingerprint density at radius 3 is 2.32 bits per heavy atom. The molecule has 1 N–H and O–H groups in total. The topological polar surface area (TPSA) is 55.4 Å². The molecule has 0 aliphatic rings. The lowest BCUT2D eigenvalue weighted by Crippen LogP contribution is -2.21. The third-order valence-electron chi connectivity index (χ3n) is 2.61. The lowest BCUT2D eigenvalue weighted by Gasteiger charge is -2.07. The number of halogens is 3. The average Bonchev–Trinajstić information content (AvgIpc) is 2.47. The second-order valence-corrected chi connectivity index (χ2v) is 5.11. The van der Waals surface area contributed by atoms with Gasteiger partial charge >= 0.3 is 5.97 Å². The van der Waals surface area contributed by atoms with E-state index in [0.717, 1.165) is 12.1 Å². The Labute approximate surface area is 133 Å². The molecule has 4 nitrogen and oxygen atoms in total. The van der Waals surface area contributed by atoms with Crippen LogP contribution in [0, 0.1) is 11.6 Å². The monoisotopic (exact) mass is 369 g/mol. The van der Waals surface area contributed by atoms with Crippen molar-refractivity contribution >= 4 is 33.5 Å². The first-order chi connectivity index (χ1) is 10.5. The van der Waals surface area contributed by atoms with Gasteiger partial charge in [-0.3, -0.25) is 4.79 Å². The van der Waals surface area contributed by atoms with E-state index in [4.69, 9.17) is 4.74 Å². The van der Waals surface area contributed by atoms with E-state index in [-0.39, 0.29) is 10.0 Å². The highest BCUT2D eigenvalue weighted by molar-refractivity contribution is 9.10. The third-order valence-corrected chi connectivity index (χ3v) is 3.27. The molecule has 1 amide bonds. The number of nitrogens with one attached hydrogen (secondary N) is 1. The van der Waals surface area contributed by atoms with E-state index in [1.54, 1.807) is 0 Å². The summed E-state index contributed by atoms with van der Waals surface area (Å²) in [7, 11) is 0. The lowest BCUT2D eigenvalue weighted by atomic mass is 10.2. The SMILES string of the molecule is O=C(COC(=O)c1ccc(F)cc1Br)Nc1ccc(F)cc1. The van der Waals surface area contributed by atoms with Crippen molar-refractivity contribution in [1.29, 1.82) is 0 Å². The predicted molar refractivity (Wildman–Crippen MR) is 79.4 cm³/mol. The van der Waals surface area contributed by atoms with Crippen molar-refractivity contribution in [3.8, 4) is 0 Å². The van der Waals surface area contributed by atoms with Crippen LogP contribution in [0.4, 0.5) is 14.5 Å². The zero-order valence-corrected chi connectivity index (χ0v) is 12.7. The number of esters is 1. The molecule has 0 aliphatic carbocycles. The molecule has 0 spiro atoms. The maximum atomic E-state index is 12.9. The van der Waals surface area contributed by atoms with Crippen molar-refractivity contribution in [2.75, 3.05) is 11.9 Å². The van der Waals surface area contributed by atoms with Crippen molar-refractivity contribution < 1.29 is 23.1 Å². The van der Waals surface area contributed by atoms with Crippen LogP contribution in [0.3, 0.4) is 0 Å². The van der Waals surface area contributed by atoms with Crippen LogP contribution in [0.2, 0.25) is 0 Å². The maximum Gasteiger partial charge on any atom is 0.339 e. The van der Waals surface area contributed by atoms with Crippen molar-refractivity contribution in [1.82, 2.24) is 0 Å². The van der Waals surface area contributed by atoms with E-state index < -0.39 is 30.1 Å². The van der Waals surface area contributed by atoms with Gasteiger partial charge in [-0.25, -0.2) is 13.6 Å². The zero-order chi connectivity index (χ0) is 16.1. The van der Waals surface area contributed by atoms with E-state index in [2.05, 4.69) is 21.2 Å². The van der Waals surface area contributed by atoms with Crippen LogP contribution >= 0.6 is 15.9 Å². The lowest BCUT2D eigenvalue weighted by molar-refractivity contribution is -0.119. The van der Waals surface area contributed by atoms with Crippen LogP contribution in [0.25, 0.3) is 0 Å². The number of ether oxygens (including phenoxy) is 1. The van der Waals surface area contributed by atoms with E-state index >= 15 is 0 Å². The fraction of sp³-hybridized carbons (Fsp3) is 0.0667. The summed E-state index contributed by atoms with van der Waals surface area (Å²) in [4.78, 5) is 23.4. The summed E-state index contributed by atoms with van der Waals surface area (Å²) in [5.41, 5.74) is 0.487. The van der Waals surface area contributed by atoms with Crippen LogP contribution < -0.4 is 5.32 Å². The van der Waals surface area contributed by atoms with Gasteiger partial charge in [0.15, 0.2) is 6.61 Å². The van der Waals surface area contributed by atoms with E-state index in [9.17, 15) is 18.4 Å². The molecular weight excluding hydrogens is 360 g/mol.